The van der Waals surface area contributed by atoms with E-state index in [0.29, 0.717) is 6.04 Å². The summed E-state index contributed by atoms with van der Waals surface area (Å²) in [5, 5.41) is 0. The monoisotopic (exact) mass is 220 g/mol. The molecule has 44 valence electrons. The van der Waals surface area contributed by atoms with Crippen LogP contribution in [-0.4, -0.2) is 28.6 Å². The molecule has 8 heavy (non-hydrogen) atoms. The van der Waals surface area contributed by atoms with Gasteiger partial charge in [-0.05, 0) is 0 Å². The zero-order valence-electron chi connectivity index (χ0n) is 5.48. The molecule has 0 fully saturated rings. The van der Waals surface area contributed by atoms with Gasteiger partial charge in [0.05, 0.1) is 0 Å². The molecule has 0 aliphatic carbocycles. The van der Waals surface area contributed by atoms with Gasteiger partial charge in [0, 0.05) is 0 Å². The minimum absolute atomic E-state index is 0.414. The molecule has 1 nitrogen and oxygen atoms in total. The standard InChI is InChI=1S/C6H14N.Sn/c1-3-4-5-6(2)7;/h6H,1,3-5,7H2,2H3;/q;+3. The summed E-state index contributed by atoms with van der Waals surface area (Å²) in [6.45, 7) is 2.07. The summed E-state index contributed by atoms with van der Waals surface area (Å²) in [4.78, 5) is 0. The van der Waals surface area contributed by atoms with Crippen molar-refractivity contribution < 1.29 is 0 Å². The summed E-state index contributed by atoms with van der Waals surface area (Å²) in [7, 11) is 0. The average Bonchev–Trinajstić information content (AvgIpc) is 1.66. The first-order valence-corrected chi connectivity index (χ1v) is 5.19. The van der Waals surface area contributed by atoms with Gasteiger partial charge in [0.1, 0.15) is 0 Å². The van der Waals surface area contributed by atoms with Crippen LogP contribution < -0.4 is 5.73 Å². The summed E-state index contributed by atoms with van der Waals surface area (Å²) in [6, 6.07) is 0.414. The molecule has 1 unspecified atom stereocenters. The van der Waals surface area contributed by atoms with Crippen molar-refractivity contribution in [3.63, 3.8) is 0 Å². The summed E-state index contributed by atoms with van der Waals surface area (Å²) < 4.78 is 1.39. The Kier molecular flexibility index (Phi) is 6.45. The summed E-state index contributed by atoms with van der Waals surface area (Å²) >= 11 is 1.66. The van der Waals surface area contributed by atoms with Crippen molar-refractivity contribution in [1.29, 1.82) is 0 Å². The molecule has 0 heterocycles. The zero-order valence-corrected chi connectivity index (χ0v) is 8.34. The van der Waals surface area contributed by atoms with Crippen LogP contribution >= 0.6 is 0 Å². The number of nitrogens with two attached hydrogens (primary N) is 1. The van der Waals surface area contributed by atoms with Crippen LogP contribution in [0.5, 0.6) is 0 Å². The molecule has 0 bridgehead atoms. The predicted molar refractivity (Wildman–Crippen MR) is 38.1 cm³/mol. The molecule has 2 N–H and O–H groups in total. The van der Waals surface area contributed by atoms with Gasteiger partial charge in [0.2, 0.25) is 0 Å². The molecule has 0 aliphatic rings. The van der Waals surface area contributed by atoms with Gasteiger partial charge in [-0.15, -0.1) is 0 Å². The second kappa shape index (κ2) is 5.89. The fraction of sp³-hybridized carbons (Fsp3) is 1.00. The second-order valence-electron chi connectivity index (χ2n) is 2.22. The van der Waals surface area contributed by atoms with E-state index in [-0.39, 0.29) is 0 Å². The van der Waals surface area contributed by atoms with Gasteiger partial charge in [-0.2, -0.15) is 0 Å². The van der Waals surface area contributed by atoms with E-state index in [2.05, 4.69) is 6.92 Å². The van der Waals surface area contributed by atoms with Gasteiger partial charge in [-0.1, -0.05) is 0 Å². The van der Waals surface area contributed by atoms with Gasteiger partial charge >= 0.3 is 64.9 Å². The van der Waals surface area contributed by atoms with Crippen molar-refractivity contribution in [2.75, 3.05) is 0 Å². The predicted octanol–water partition coefficient (Wildman–Crippen LogP) is 1.09. The van der Waals surface area contributed by atoms with Crippen LogP contribution in [0.2, 0.25) is 4.44 Å². The molecule has 2 heteroatoms. The maximum absolute atomic E-state index is 5.54. The number of hydrogen-bond acceptors (Lipinski definition) is 1. The van der Waals surface area contributed by atoms with Crippen LogP contribution in [0.15, 0.2) is 0 Å². The minimum atomic E-state index is 0.414. The zero-order chi connectivity index (χ0) is 6.41. The first kappa shape index (κ1) is 8.76. The van der Waals surface area contributed by atoms with E-state index in [0.717, 1.165) is 0 Å². The van der Waals surface area contributed by atoms with Crippen molar-refractivity contribution in [2.24, 2.45) is 5.73 Å². The van der Waals surface area contributed by atoms with Crippen LogP contribution in [0.4, 0.5) is 0 Å². The summed E-state index contributed by atoms with van der Waals surface area (Å²) in [5.74, 6) is 0. The summed E-state index contributed by atoms with van der Waals surface area (Å²) in [6.07, 6.45) is 3.90. The molecular weight excluding hydrogens is 205 g/mol. The van der Waals surface area contributed by atoms with E-state index in [1.165, 1.54) is 23.7 Å². The van der Waals surface area contributed by atoms with Gasteiger partial charge in [0.15, 0.2) is 0 Å². The van der Waals surface area contributed by atoms with E-state index >= 15 is 0 Å². The third-order valence-corrected chi connectivity index (χ3v) is 2.10. The first-order chi connectivity index (χ1) is 3.77. The Bertz CT molecular complexity index is 45.8. The molecule has 0 amide bonds. The van der Waals surface area contributed by atoms with Crippen LogP contribution in [-0.2, 0) is 0 Å². The van der Waals surface area contributed by atoms with Gasteiger partial charge in [-0.3, -0.25) is 0 Å². The normalized spacial score (nSPS) is 14.0. The molecule has 0 saturated heterocycles. The second-order valence-corrected chi connectivity index (χ2v) is 3.65. The van der Waals surface area contributed by atoms with E-state index in [1.54, 1.807) is 22.5 Å². The number of hydrogen-bond donors (Lipinski definition) is 1. The van der Waals surface area contributed by atoms with Crippen molar-refractivity contribution in [1.82, 2.24) is 0 Å². The van der Waals surface area contributed by atoms with Crippen molar-refractivity contribution >= 4 is 22.5 Å². The first-order valence-electron chi connectivity index (χ1n) is 3.17. The topological polar surface area (TPSA) is 26.0 Å². The Hall–Kier alpha value is 0.759. The van der Waals surface area contributed by atoms with Gasteiger partial charge in [0.25, 0.3) is 0 Å². The van der Waals surface area contributed by atoms with Crippen molar-refractivity contribution in [2.45, 2.75) is 36.7 Å². The van der Waals surface area contributed by atoms with Crippen LogP contribution in [0, 0.1) is 0 Å². The Balaban J connectivity index is 2.72. The van der Waals surface area contributed by atoms with Gasteiger partial charge in [-0.25, -0.2) is 0 Å². The fourth-order valence-electron chi connectivity index (χ4n) is 0.591. The number of rotatable bonds is 4. The van der Waals surface area contributed by atoms with Crippen molar-refractivity contribution in [3.8, 4) is 0 Å². The molecule has 0 spiro atoms. The maximum atomic E-state index is 5.54. The van der Waals surface area contributed by atoms with E-state index in [4.69, 9.17) is 5.73 Å². The Morgan fingerprint density at radius 3 is 2.50 bits per heavy atom. The van der Waals surface area contributed by atoms with E-state index < -0.39 is 0 Å². The molecule has 0 aromatic rings. The number of unbranched alkanes of at least 4 members (excludes halogenated alkanes) is 1. The SMILES string of the molecule is CC(N)CCC[CH2][Sn+3]. The third-order valence-electron chi connectivity index (χ3n) is 1.09. The Labute approximate surface area is 65.1 Å². The molecular formula is C6H14NSn+3. The average molecular weight is 219 g/mol. The molecule has 0 rings (SSSR count). The third kappa shape index (κ3) is 6.76. The van der Waals surface area contributed by atoms with E-state index in [9.17, 15) is 0 Å². The van der Waals surface area contributed by atoms with Gasteiger partial charge < -0.3 is 0 Å². The quantitative estimate of drug-likeness (QED) is 0.555. The Morgan fingerprint density at radius 1 is 1.50 bits per heavy atom. The molecule has 0 aromatic carbocycles. The molecule has 0 saturated carbocycles. The van der Waals surface area contributed by atoms with Crippen LogP contribution in [0.3, 0.4) is 0 Å². The van der Waals surface area contributed by atoms with Crippen molar-refractivity contribution in [3.05, 3.63) is 0 Å². The summed E-state index contributed by atoms with van der Waals surface area (Å²) in [5.41, 5.74) is 5.54. The molecule has 0 aliphatic heterocycles. The molecule has 1 atom stereocenters. The van der Waals surface area contributed by atoms with E-state index in [1.807, 2.05) is 0 Å². The van der Waals surface area contributed by atoms with Crippen LogP contribution in [0.1, 0.15) is 26.2 Å². The fourth-order valence-corrected chi connectivity index (χ4v) is 1.30. The Morgan fingerprint density at radius 2 is 2.12 bits per heavy atom. The molecule has 0 radical (unpaired) electrons. The van der Waals surface area contributed by atoms with Crippen LogP contribution in [0.25, 0.3) is 0 Å². The molecule has 0 aromatic heterocycles.